The fraction of sp³-hybridized carbons (Fsp3) is 0.316. The number of non-ortho nitro benzene ring substituents is 1. The zero-order valence-corrected chi connectivity index (χ0v) is 14.8. The van der Waals surface area contributed by atoms with E-state index in [1.54, 1.807) is 11.0 Å². The van der Waals surface area contributed by atoms with Crippen LogP contribution in [0.25, 0.3) is 0 Å². The molecule has 1 fully saturated rings. The molecule has 2 aliphatic heterocycles. The third kappa shape index (κ3) is 2.39. The van der Waals surface area contributed by atoms with Crippen LogP contribution in [0, 0.1) is 24.0 Å². The summed E-state index contributed by atoms with van der Waals surface area (Å²) < 4.78 is 6.18. The fourth-order valence-electron chi connectivity index (χ4n) is 3.73. The van der Waals surface area contributed by atoms with Crippen molar-refractivity contribution in [3.63, 3.8) is 0 Å². The maximum atomic E-state index is 12.8. The van der Waals surface area contributed by atoms with Gasteiger partial charge in [-0.25, -0.2) is 4.79 Å². The van der Waals surface area contributed by atoms with E-state index in [1.807, 2.05) is 39.0 Å². The Labute approximate surface area is 150 Å². The van der Waals surface area contributed by atoms with Gasteiger partial charge in [0.2, 0.25) is 0 Å². The van der Waals surface area contributed by atoms with Crippen LogP contribution in [0.3, 0.4) is 0 Å². The Hall–Kier alpha value is -3.09. The van der Waals surface area contributed by atoms with Gasteiger partial charge in [0.1, 0.15) is 5.75 Å². The molecule has 0 unspecified atom stereocenters. The van der Waals surface area contributed by atoms with E-state index in [9.17, 15) is 14.9 Å². The van der Waals surface area contributed by atoms with Gasteiger partial charge in [-0.1, -0.05) is 6.07 Å². The maximum Gasteiger partial charge on any atom is 0.325 e. The van der Waals surface area contributed by atoms with Gasteiger partial charge in [-0.2, -0.15) is 0 Å². The minimum atomic E-state index is -0.863. The molecule has 1 N–H and O–H groups in total. The van der Waals surface area contributed by atoms with Crippen LogP contribution in [-0.2, 0) is 0 Å². The summed E-state index contributed by atoms with van der Waals surface area (Å²) in [7, 11) is 0. The monoisotopic (exact) mass is 353 g/mol. The quantitative estimate of drug-likeness (QED) is 0.654. The molecule has 0 aliphatic carbocycles. The Morgan fingerprint density at radius 1 is 1.23 bits per heavy atom. The molecule has 2 heterocycles. The van der Waals surface area contributed by atoms with E-state index >= 15 is 0 Å². The van der Waals surface area contributed by atoms with Crippen molar-refractivity contribution in [2.75, 3.05) is 4.90 Å². The topological polar surface area (TPSA) is 84.7 Å². The molecule has 0 aromatic heterocycles. The Morgan fingerprint density at radius 3 is 2.69 bits per heavy atom. The summed E-state index contributed by atoms with van der Waals surface area (Å²) in [5.74, 6) is 0.559. The van der Waals surface area contributed by atoms with Gasteiger partial charge in [0, 0.05) is 29.8 Å². The Balaban J connectivity index is 1.78. The summed E-state index contributed by atoms with van der Waals surface area (Å²) in [5, 5.41) is 14.0. The number of amides is 2. The van der Waals surface area contributed by atoms with Gasteiger partial charge >= 0.3 is 6.03 Å². The van der Waals surface area contributed by atoms with Gasteiger partial charge in [0.15, 0.2) is 5.72 Å². The first kappa shape index (κ1) is 16.4. The molecule has 2 atom stereocenters. The van der Waals surface area contributed by atoms with Crippen LogP contribution in [0.4, 0.5) is 16.2 Å². The van der Waals surface area contributed by atoms with E-state index in [0.29, 0.717) is 17.7 Å². The summed E-state index contributed by atoms with van der Waals surface area (Å²) in [5.41, 5.74) is 2.77. The lowest BCUT2D eigenvalue weighted by Crippen LogP contribution is -2.65. The lowest BCUT2D eigenvalue weighted by Gasteiger charge is -2.50. The predicted molar refractivity (Wildman–Crippen MR) is 96.4 cm³/mol. The van der Waals surface area contributed by atoms with Gasteiger partial charge in [-0.15, -0.1) is 0 Å². The van der Waals surface area contributed by atoms with Gasteiger partial charge in [0.05, 0.1) is 11.0 Å². The summed E-state index contributed by atoms with van der Waals surface area (Å²) >= 11 is 0. The largest absolute Gasteiger partial charge is 0.467 e. The number of rotatable bonds is 2. The highest BCUT2D eigenvalue weighted by Gasteiger charge is 2.50. The van der Waals surface area contributed by atoms with Gasteiger partial charge in [-0.3, -0.25) is 15.0 Å². The number of carbonyl (C=O) groups excluding carboxylic acids is 1. The van der Waals surface area contributed by atoms with Crippen molar-refractivity contribution >= 4 is 17.4 Å². The molecule has 7 nitrogen and oxygen atoms in total. The number of carbonyl (C=O) groups is 1. The lowest BCUT2D eigenvalue weighted by atomic mass is 9.89. The predicted octanol–water partition coefficient (Wildman–Crippen LogP) is 3.98. The van der Waals surface area contributed by atoms with Gasteiger partial charge in [0.25, 0.3) is 5.69 Å². The summed E-state index contributed by atoms with van der Waals surface area (Å²) in [6.45, 7) is 5.90. The Morgan fingerprint density at radius 2 is 2.00 bits per heavy atom. The number of fused-ring (bicyclic) bond motifs is 4. The molecule has 7 heteroatoms. The number of anilines is 1. The first-order chi connectivity index (χ1) is 12.3. The zero-order chi connectivity index (χ0) is 18.6. The molecule has 0 spiro atoms. The molecule has 2 amide bonds. The van der Waals surface area contributed by atoms with Crippen molar-refractivity contribution in [2.24, 2.45) is 0 Å². The lowest BCUT2D eigenvalue weighted by molar-refractivity contribution is -0.385. The number of aryl methyl sites for hydroxylation is 2. The number of nitro benzene ring substituents is 1. The molecule has 134 valence electrons. The standard InChI is InChI=1S/C19H19N3O4/c1-11-4-5-13(8-12(11)2)21-18(23)20-16-10-19(21,3)26-17-7-6-14(22(24)25)9-15(16)17/h4-9,16H,10H2,1-3H3,(H,20,23)/t16-,19-/m1/s1. The van der Waals surface area contributed by atoms with Crippen LogP contribution >= 0.6 is 0 Å². The van der Waals surface area contributed by atoms with Crippen LogP contribution in [0.1, 0.15) is 36.1 Å². The van der Waals surface area contributed by atoms with E-state index in [2.05, 4.69) is 5.32 Å². The molecule has 2 aromatic carbocycles. The molecule has 1 saturated heterocycles. The van der Waals surface area contributed by atoms with Crippen molar-refractivity contribution in [3.8, 4) is 5.75 Å². The van der Waals surface area contributed by atoms with Crippen LogP contribution < -0.4 is 15.0 Å². The molecular formula is C19H19N3O4. The zero-order valence-electron chi connectivity index (χ0n) is 14.8. The molecule has 4 rings (SSSR count). The number of hydrogen-bond donors (Lipinski definition) is 1. The minimum absolute atomic E-state index is 0.0122. The third-order valence-electron chi connectivity index (χ3n) is 5.21. The van der Waals surface area contributed by atoms with Crippen molar-refractivity contribution in [1.29, 1.82) is 0 Å². The second-order valence-electron chi connectivity index (χ2n) is 7.07. The second kappa shape index (κ2) is 5.45. The third-order valence-corrected chi connectivity index (χ3v) is 5.21. The number of nitrogens with zero attached hydrogens (tertiary/aromatic N) is 2. The van der Waals surface area contributed by atoms with Crippen LogP contribution in [0.15, 0.2) is 36.4 Å². The molecule has 2 aliphatic rings. The number of ether oxygens (including phenoxy) is 1. The number of nitrogens with one attached hydrogen (secondary N) is 1. The van der Waals surface area contributed by atoms with E-state index in [4.69, 9.17) is 4.74 Å². The van der Waals surface area contributed by atoms with Crippen molar-refractivity contribution in [1.82, 2.24) is 5.32 Å². The fourth-order valence-corrected chi connectivity index (χ4v) is 3.73. The van der Waals surface area contributed by atoms with Gasteiger partial charge in [-0.05, 0) is 50.1 Å². The number of urea groups is 1. The summed E-state index contributed by atoms with van der Waals surface area (Å²) in [6.07, 6.45) is 0.500. The molecular weight excluding hydrogens is 334 g/mol. The molecule has 0 radical (unpaired) electrons. The number of hydrogen-bond acceptors (Lipinski definition) is 4. The normalized spacial score (nSPS) is 23.7. The SMILES string of the molecule is Cc1ccc(N2C(=O)N[C@@H]3C[C@@]2(C)Oc2ccc([N+](=O)[O-])cc23)cc1C. The Kier molecular flexibility index (Phi) is 3.44. The van der Waals surface area contributed by atoms with Crippen molar-refractivity contribution in [2.45, 2.75) is 39.0 Å². The van der Waals surface area contributed by atoms with E-state index in [-0.39, 0.29) is 17.8 Å². The average molecular weight is 353 g/mol. The highest BCUT2D eigenvalue weighted by atomic mass is 16.6. The molecule has 2 bridgehead atoms. The van der Waals surface area contributed by atoms with Crippen molar-refractivity contribution in [3.05, 3.63) is 63.2 Å². The molecule has 26 heavy (non-hydrogen) atoms. The van der Waals surface area contributed by atoms with E-state index < -0.39 is 10.6 Å². The second-order valence-corrected chi connectivity index (χ2v) is 7.07. The molecule has 0 saturated carbocycles. The first-order valence-corrected chi connectivity index (χ1v) is 8.44. The highest BCUT2D eigenvalue weighted by molar-refractivity contribution is 5.95. The average Bonchev–Trinajstić information content (AvgIpc) is 2.57. The van der Waals surface area contributed by atoms with Crippen molar-refractivity contribution < 1.29 is 14.5 Å². The molecule has 2 aromatic rings. The highest BCUT2D eigenvalue weighted by Crippen LogP contribution is 2.46. The summed E-state index contributed by atoms with van der Waals surface area (Å²) in [6, 6.07) is 9.76. The minimum Gasteiger partial charge on any atom is -0.467 e. The first-order valence-electron chi connectivity index (χ1n) is 8.44. The van der Waals surface area contributed by atoms with Gasteiger partial charge < -0.3 is 10.1 Å². The number of benzene rings is 2. The van der Waals surface area contributed by atoms with Crippen LogP contribution in [-0.4, -0.2) is 16.7 Å². The number of nitro groups is 1. The van der Waals surface area contributed by atoms with E-state index in [0.717, 1.165) is 16.8 Å². The van der Waals surface area contributed by atoms with Crippen LogP contribution in [0.5, 0.6) is 5.75 Å². The summed E-state index contributed by atoms with van der Waals surface area (Å²) in [4.78, 5) is 25.1. The Bertz CT molecular complexity index is 942. The van der Waals surface area contributed by atoms with Crippen LogP contribution in [0.2, 0.25) is 0 Å². The smallest absolute Gasteiger partial charge is 0.325 e. The van der Waals surface area contributed by atoms with E-state index in [1.165, 1.54) is 12.1 Å². The maximum absolute atomic E-state index is 12.8.